The molecule has 7 heteroatoms. The molecule has 0 radical (unpaired) electrons. The highest BCUT2D eigenvalue weighted by atomic mass is 35.5. The third-order valence-corrected chi connectivity index (χ3v) is 3.48. The Morgan fingerprint density at radius 2 is 1.88 bits per heavy atom. The van der Waals surface area contributed by atoms with E-state index in [-0.39, 0.29) is 21.9 Å². The lowest BCUT2D eigenvalue weighted by molar-refractivity contribution is 0.104. The molecule has 0 unspecified atom stereocenters. The van der Waals surface area contributed by atoms with E-state index in [0.717, 1.165) is 11.8 Å². The van der Waals surface area contributed by atoms with Crippen molar-refractivity contribution in [3.63, 3.8) is 0 Å². The van der Waals surface area contributed by atoms with Gasteiger partial charge in [-0.3, -0.25) is 4.79 Å². The minimum Gasteiger partial charge on any atom is -0.369 e. The maximum atomic E-state index is 13.6. The predicted molar refractivity (Wildman–Crippen MR) is 95.0 cm³/mol. The van der Waals surface area contributed by atoms with E-state index < -0.39 is 11.6 Å². The lowest BCUT2D eigenvalue weighted by Gasteiger charge is -2.16. The highest BCUT2D eigenvalue weighted by Gasteiger charge is 2.15. The molecule has 0 aliphatic carbocycles. The lowest BCUT2D eigenvalue weighted by atomic mass is 10.1. The summed E-state index contributed by atoms with van der Waals surface area (Å²) < 4.78 is 13.6. The predicted octanol–water partition coefficient (Wildman–Crippen LogP) is 4.66. The van der Waals surface area contributed by atoms with Gasteiger partial charge in [0.25, 0.3) is 0 Å². The van der Waals surface area contributed by atoms with Crippen molar-refractivity contribution >= 4 is 34.7 Å². The van der Waals surface area contributed by atoms with Gasteiger partial charge in [-0.2, -0.15) is 0 Å². The van der Waals surface area contributed by atoms with Crippen LogP contribution in [-0.4, -0.2) is 16.8 Å². The SMILES string of the molecule is CC(C)NC(=CC(=O)c1cc(F)c(Cl)nc1Cl)Nc1ccccc1. The van der Waals surface area contributed by atoms with E-state index in [1.54, 1.807) is 0 Å². The zero-order chi connectivity index (χ0) is 17.7. The molecule has 1 aromatic carbocycles. The van der Waals surface area contributed by atoms with E-state index in [0.29, 0.717) is 5.82 Å². The number of hydrogen-bond acceptors (Lipinski definition) is 4. The van der Waals surface area contributed by atoms with Crippen LogP contribution >= 0.6 is 23.2 Å². The lowest BCUT2D eigenvalue weighted by Crippen LogP contribution is -2.27. The molecule has 2 N–H and O–H groups in total. The number of anilines is 1. The number of ketones is 1. The molecule has 1 aromatic heterocycles. The van der Waals surface area contributed by atoms with Gasteiger partial charge in [-0.25, -0.2) is 9.37 Å². The molecule has 126 valence electrons. The summed E-state index contributed by atoms with van der Waals surface area (Å²) in [5, 5.41) is 5.70. The van der Waals surface area contributed by atoms with E-state index in [2.05, 4.69) is 15.6 Å². The monoisotopic (exact) mass is 367 g/mol. The molecule has 2 rings (SSSR count). The van der Waals surface area contributed by atoms with E-state index in [4.69, 9.17) is 23.2 Å². The second-order valence-electron chi connectivity index (χ2n) is 5.31. The van der Waals surface area contributed by atoms with Crippen LogP contribution in [0.15, 0.2) is 48.3 Å². The minimum absolute atomic E-state index is 0.0588. The van der Waals surface area contributed by atoms with Crippen LogP contribution in [-0.2, 0) is 0 Å². The fraction of sp³-hybridized carbons (Fsp3) is 0.176. The molecule has 0 amide bonds. The van der Waals surface area contributed by atoms with Gasteiger partial charge < -0.3 is 10.6 Å². The Morgan fingerprint density at radius 1 is 1.21 bits per heavy atom. The molecule has 2 aromatic rings. The van der Waals surface area contributed by atoms with Gasteiger partial charge in [0.2, 0.25) is 0 Å². The molecule has 0 saturated heterocycles. The average Bonchev–Trinajstić information content (AvgIpc) is 2.51. The number of aromatic nitrogens is 1. The molecule has 0 fully saturated rings. The first-order valence-electron chi connectivity index (χ1n) is 7.23. The number of para-hydroxylation sites is 1. The summed E-state index contributed by atoms with van der Waals surface area (Å²) in [7, 11) is 0. The first-order chi connectivity index (χ1) is 11.4. The van der Waals surface area contributed by atoms with E-state index in [9.17, 15) is 9.18 Å². The van der Waals surface area contributed by atoms with Gasteiger partial charge >= 0.3 is 0 Å². The number of carbonyl (C=O) groups excluding carboxylic acids is 1. The molecular formula is C17H16Cl2FN3O. The number of rotatable bonds is 6. The van der Waals surface area contributed by atoms with Crippen LogP contribution in [0.1, 0.15) is 24.2 Å². The number of nitrogens with one attached hydrogen (secondary N) is 2. The molecule has 0 spiro atoms. The highest BCUT2D eigenvalue weighted by Crippen LogP contribution is 2.21. The van der Waals surface area contributed by atoms with Crippen LogP contribution in [0.25, 0.3) is 0 Å². The van der Waals surface area contributed by atoms with Crippen molar-refractivity contribution in [3.8, 4) is 0 Å². The van der Waals surface area contributed by atoms with Gasteiger partial charge in [0.1, 0.15) is 11.0 Å². The summed E-state index contributed by atoms with van der Waals surface area (Å²) in [5.41, 5.74) is 0.743. The number of nitrogens with zero attached hydrogens (tertiary/aromatic N) is 1. The summed E-state index contributed by atoms with van der Waals surface area (Å²) in [6.07, 6.45) is 1.31. The zero-order valence-electron chi connectivity index (χ0n) is 13.1. The van der Waals surface area contributed by atoms with E-state index >= 15 is 0 Å². The molecular weight excluding hydrogens is 352 g/mol. The van der Waals surface area contributed by atoms with E-state index in [1.165, 1.54) is 6.08 Å². The van der Waals surface area contributed by atoms with Crippen molar-refractivity contribution in [2.24, 2.45) is 0 Å². The highest BCUT2D eigenvalue weighted by molar-refractivity contribution is 6.35. The topological polar surface area (TPSA) is 54.0 Å². The molecule has 0 saturated carbocycles. The molecule has 0 atom stereocenters. The van der Waals surface area contributed by atoms with Crippen molar-refractivity contribution < 1.29 is 9.18 Å². The van der Waals surface area contributed by atoms with Gasteiger partial charge in [-0.1, -0.05) is 41.4 Å². The maximum Gasteiger partial charge on any atom is 0.192 e. The quantitative estimate of drug-likeness (QED) is 0.442. The molecule has 0 aliphatic rings. The number of pyridine rings is 1. The van der Waals surface area contributed by atoms with Crippen LogP contribution < -0.4 is 10.6 Å². The molecule has 4 nitrogen and oxygen atoms in total. The van der Waals surface area contributed by atoms with Gasteiger partial charge in [0, 0.05) is 17.8 Å². The summed E-state index contributed by atoms with van der Waals surface area (Å²) in [6, 6.07) is 10.4. The fourth-order valence-electron chi connectivity index (χ4n) is 1.93. The Bertz CT molecular complexity index is 764. The van der Waals surface area contributed by atoms with Gasteiger partial charge in [-0.15, -0.1) is 0 Å². The minimum atomic E-state index is -0.799. The number of hydrogen-bond donors (Lipinski definition) is 2. The number of allylic oxidation sites excluding steroid dienone is 1. The Hall–Kier alpha value is -2.11. The van der Waals surface area contributed by atoms with E-state index in [1.807, 2.05) is 44.2 Å². The van der Waals surface area contributed by atoms with Crippen molar-refractivity contribution in [3.05, 3.63) is 70.0 Å². The maximum absolute atomic E-state index is 13.6. The van der Waals surface area contributed by atoms with Crippen molar-refractivity contribution in [1.29, 1.82) is 0 Å². The van der Waals surface area contributed by atoms with Crippen molar-refractivity contribution in [2.45, 2.75) is 19.9 Å². The average molecular weight is 368 g/mol. The summed E-state index contributed by atoms with van der Waals surface area (Å²) in [5.74, 6) is -0.825. The normalized spacial score (nSPS) is 11.5. The fourth-order valence-corrected chi connectivity index (χ4v) is 2.34. The van der Waals surface area contributed by atoms with Crippen molar-refractivity contribution in [2.75, 3.05) is 5.32 Å². The standard InChI is InChI=1S/C17H16Cl2FN3O/c1-10(2)21-15(22-11-6-4-3-5-7-11)9-14(24)12-8-13(20)17(19)23-16(12)18/h3-10,21-22H,1-2H3. The third-order valence-electron chi connectivity index (χ3n) is 2.92. The largest absolute Gasteiger partial charge is 0.369 e. The Balaban J connectivity index is 2.31. The number of benzene rings is 1. The Morgan fingerprint density at radius 3 is 2.50 bits per heavy atom. The van der Waals surface area contributed by atoms with Crippen LogP contribution in [0.2, 0.25) is 10.3 Å². The smallest absolute Gasteiger partial charge is 0.192 e. The number of carbonyl (C=O) groups is 1. The first kappa shape index (κ1) is 18.2. The second kappa shape index (κ2) is 8.13. The molecule has 0 bridgehead atoms. The van der Waals surface area contributed by atoms with Crippen LogP contribution in [0.3, 0.4) is 0 Å². The molecule has 24 heavy (non-hydrogen) atoms. The Labute approximate surface area is 149 Å². The van der Waals surface area contributed by atoms with Crippen LogP contribution in [0.4, 0.5) is 10.1 Å². The summed E-state index contributed by atoms with van der Waals surface area (Å²) >= 11 is 11.4. The third kappa shape index (κ3) is 4.94. The summed E-state index contributed by atoms with van der Waals surface area (Å²) in [4.78, 5) is 16.0. The number of halogens is 3. The van der Waals surface area contributed by atoms with Crippen LogP contribution in [0.5, 0.6) is 0 Å². The first-order valence-corrected chi connectivity index (χ1v) is 7.98. The van der Waals surface area contributed by atoms with Crippen LogP contribution in [0, 0.1) is 5.82 Å². The zero-order valence-corrected chi connectivity index (χ0v) is 14.6. The van der Waals surface area contributed by atoms with Gasteiger partial charge in [0.05, 0.1) is 5.56 Å². The van der Waals surface area contributed by atoms with Crippen molar-refractivity contribution in [1.82, 2.24) is 10.3 Å². The molecule has 0 aliphatic heterocycles. The molecule has 1 heterocycles. The Kier molecular flexibility index (Phi) is 6.17. The van der Waals surface area contributed by atoms with Gasteiger partial charge in [-0.05, 0) is 32.0 Å². The second-order valence-corrected chi connectivity index (χ2v) is 6.03. The summed E-state index contributed by atoms with van der Waals surface area (Å²) in [6.45, 7) is 3.86. The van der Waals surface area contributed by atoms with Gasteiger partial charge in [0.15, 0.2) is 16.8 Å².